The van der Waals surface area contributed by atoms with Crippen molar-refractivity contribution in [1.82, 2.24) is 19.4 Å². The Balaban J connectivity index is 2.34. The molecule has 2 aromatic heterocycles. The maximum absolute atomic E-state index is 11.7. The van der Waals surface area contributed by atoms with E-state index in [0.717, 1.165) is 10.4 Å². The van der Waals surface area contributed by atoms with Crippen molar-refractivity contribution in [1.29, 1.82) is 0 Å². The van der Waals surface area contributed by atoms with Crippen LogP contribution in [0.5, 0.6) is 0 Å². The predicted octanol–water partition coefficient (Wildman–Crippen LogP) is 0.296. The molecule has 0 aliphatic rings. The molecule has 1 aromatic carbocycles. The fraction of sp³-hybridized carbons (Fsp3) is 0. The van der Waals surface area contributed by atoms with Crippen LogP contribution in [0.25, 0.3) is 16.7 Å². The zero-order chi connectivity index (χ0) is 11.8. The summed E-state index contributed by atoms with van der Waals surface area (Å²) in [5.41, 5.74) is 1.05. The summed E-state index contributed by atoms with van der Waals surface area (Å²) in [5.74, 6) is 5.44. The summed E-state index contributed by atoms with van der Waals surface area (Å²) in [4.78, 5) is 15.8. The number of benzene rings is 1. The van der Waals surface area contributed by atoms with Gasteiger partial charge in [-0.15, -0.1) is 0 Å². The number of rotatable bonds is 1. The summed E-state index contributed by atoms with van der Waals surface area (Å²) in [7, 11) is 0. The van der Waals surface area contributed by atoms with Crippen molar-refractivity contribution in [2.45, 2.75) is 0 Å². The quantitative estimate of drug-likeness (QED) is 0.606. The summed E-state index contributed by atoms with van der Waals surface area (Å²) >= 11 is 0. The molecule has 0 radical (unpaired) electrons. The van der Waals surface area contributed by atoms with Crippen LogP contribution in [0, 0.1) is 0 Å². The van der Waals surface area contributed by atoms with Crippen LogP contribution in [0.2, 0.25) is 0 Å². The van der Waals surface area contributed by atoms with E-state index in [4.69, 9.17) is 5.84 Å². The molecule has 0 bridgehead atoms. The molecule has 0 fully saturated rings. The second kappa shape index (κ2) is 3.44. The SMILES string of the molecule is Nn1cnc2c(cnn2-c2ccccc2)c1=O. The number of para-hydroxylation sites is 1. The summed E-state index contributed by atoms with van der Waals surface area (Å²) in [6, 6.07) is 9.49. The van der Waals surface area contributed by atoms with Crippen LogP contribution < -0.4 is 11.4 Å². The molecule has 3 aromatic rings. The third-order valence-electron chi connectivity index (χ3n) is 2.51. The van der Waals surface area contributed by atoms with E-state index in [1.165, 1.54) is 12.5 Å². The van der Waals surface area contributed by atoms with Gasteiger partial charge in [0.05, 0.1) is 11.9 Å². The van der Waals surface area contributed by atoms with Gasteiger partial charge in [-0.3, -0.25) is 4.79 Å². The molecule has 2 N–H and O–H groups in total. The van der Waals surface area contributed by atoms with Gasteiger partial charge < -0.3 is 5.84 Å². The third-order valence-corrected chi connectivity index (χ3v) is 2.51. The lowest BCUT2D eigenvalue weighted by molar-refractivity contribution is 0.874. The first-order valence-corrected chi connectivity index (χ1v) is 5.03. The van der Waals surface area contributed by atoms with Crippen molar-refractivity contribution in [2.24, 2.45) is 0 Å². The molecule has 0 aliphatic carbocycles. The van der Waals surface area contributed by atoms with Gasteiger partial charge in [0, 0.05) is 0 Å². The lowest BCUT2D eigenvalue weighted by Crippen LogP contribution is -2.26. The predicted molar refractivity (Wildman–Crippen MR) is 63.3 cm³/mol. The van der Waals surface area contributed by atoms with Gasteiger partial charge in [0.1, 0.15) is 11.7 Å². The van der Waals surface area contributed by atoms with Crippen molar-refractivity contribution in [3.8, 4) is 5.69 Å². The highest BCUT2D eigenvalue weighted by molar-refractivity contribution is 5.74. The lowest BCUT2D eigenvalue weighted by atomic mass is 10.3. The minimum Gasteiger partial charge on any atom is -0.335 e. The summed E-state index contributed by atoms with van der Waals surface area (Å²) in [6.45, 7) is 0. The monoisotopic (exact) mass is 227 g/mol. The van der Waals surface area contributed by atoms with Gasteiger partial charge in [-0.25, -0.2) is 14.3 Å². The molecule has 0 unspecified atom stereocenters. The molecule has 6 nitrogen and oxygen atoms in total. The van der Waals surface area contributed by atoms with Gasteiger partial charge in [-0.05, 0) is 12.1 Å². The third kappa shape index (κ3) is 1.38. The standard InChI is InChI=1S/C11H9N5O/c12-15-7-13-10-9(11(15)17)6-14-16(10)8-4-2-1-3-5-8/h1-7H,12H2. The van der Waals surface area contributed by atoms with E-state index < -0.39 is 0 Å². The van der Waals surface area contributed by atoms with E-state index in [-0.39, 0.29) is 5.56 Å². The Bertz CT molecular complexity index is 728. The van der Waals surface area contributed by atoms with Gasteiger partial charge in [0.2, 0.25) is 0 Å². The fourth-order valence-electron chi connectivity index (χ4n) is 1.68. The molecule has 0 saturated heterocycles. The molecular formula is C11H9N5O. The number of aromatic nitrogens is 4. The van der Waals surface area contributed by atoms with Gasteiger partial charge in [-0.1, -0.05) is 18.2 Å². The second-order valence-corrected chi connectivity index (χ2v) is 3.59. The average Bonchev–Trinajstić information content (AvgIpc) is 2.79. The zero-order valence-corrected chi connectivity index (χ0v) is 8.82. The van der Waals surface area contributed by atoms with E-state index in [9.17, 15) is 4.79 Å². The zero-order valence-electron chi connectivity index (χ0n) is 8.82. The molecule has 0 aliphatic heterocycles. The number of fused-ring (bicyclic) bond motifs is 1. The minimum absolute atomic E-state index is 0.308. The molecule has 0 amide bonds. The fourth-order valence-corrected chi connectivity index (χ4v) is 1.68. The number of hydrogen-bond donors (Lipinski definition) is 1. The molecule has 6 heteroatoms. The van der Waals surface area contributed by atoms with E-state index in [1.807, 2.05) is 30.3 Å². The minimum atomic E-state index is -0.308. The highest BCUT2D eigenvalue weighted by Crippen LogP contribution is 2.12. The topological polar surface area (TPSA) is 78.7 Å². The van der Waals surface area contributed by atoms with Gasteiger partial charge in [-0.2, -0.15) is 5.10 Å². The Labute approximate surface area is 95.9 Å². The average molecular weight is 227 g/mol. The molecule has 84 valence electrons. The maximum atomic E-state index is 11.7. The molecule has 3 rings (SSSR count). The van der Waals surface area contributed by atoms with Crippen LogP contribution in [0.1, 0.15) is 0 Å². The molecule has 2 heterocycles. The molecule has 0 spiro atoms. The first kappa shape index (κ1) is 9.59. The number of nitrogen functional groups attached to an aromatic ring is 1. The maximum Gasteiger partial charge on any atom is 0.282 e. The van der Waals surface area contributed by atoms with Gasteiger partial charge >= 0.3 is 0 Å². The largest absolute Gasteiger partial charge is 0.335 e. The number of nitrogens with two attached hydrogens (primary N) is 1. The summed E-state index contributed by atoms with van der Waals surface area (Å²) < 4.78 is 2.55. The van der Waals surface area contributed by atoms with Gasteiger partial charge in [0.15, 0.2) is 5.65 Å². The number of hydrogen-bond acceptors (Lipinski definition) is 4. The highest BCUT2D eigenvalue weighted by atomic mass is 16.1. The smallest absolute Gasteiger partial charge is 0.282 e. The Kier molecular flexibility index (Phi) is 1.94. The van der Waals surface area contributed by atoms with E-state index in [2.05, 4.69) is 10.1 Å². The van der Waals surface area contributed by atoms with Crippen molar-refractivity contribution in [3.63, 3.8) is 0 Å². The summed E-state index contributed by atoms with van der Waals surface area (Å²) in [5, 5.41) is 4.55. The normalized spacial score (nSPS) is 10.8. The van der Waals surface area contributed by atoms with Crippen molar-refractivity contribution in [2.75, 3.05) is 5.84 Å². The Morgan fingerprint density at radius 1 is 1.18 bits per heavy atom. The first-order valence-electron chi connectivity index (χ1n) is 5.03. The van der Waals surface area contributed by atoms with Crippen LogP contribution in [0.3, 0.4) is 0 Å². The summed E-state index contributed by atoms with van der Waals surface area (Å²) in [6.07, 6.45) is 2.76. The van der Waals surface area contributed by atoms with Crippen LogP contribution in [-0.2, 0) is 0 Å². The highest BCUT2D eigenvalue weighted by Gasteiger charge is 2.09. The first-order chi connectivity index (χ1) is 8.27. The Morgan fingerprint density at radius 3 is 2.71 bits per heavy atom. The van der Waals surface area contributed by atoms with Crippen molar-refractivity contribution in [3.05, 3.63) is 53.2 Å². The van der Waals surface area contributed by atoms with E-state index in [0.29, 0.717) is 11.0 Å². The molecular weight excluding hydrogens is 218 g/mol. The Hall–Kier alpha value is -2.63. The molecule has 0 saturated carbocycles. The molecule has 0 atom stereocenters. The van der Waals surface area contributed by atoms with Crippen LogP contribution in [-0.4, -0.2) is 19.4 Å². The van der Waals surface area contributed by atoms with Crippen molar-refractivity contribution < 1.29 is 0 Å². The Morgan fingerprint density at radius 2 is 1.94 bits per heavy atom. The van der Waals surface area contributed by atoms with Crippen LogP contribution >= 0.6 is 0 Å². The van der Waals surface area contributed by atoms with E-state index >= 15 is 0 Å². The number of nitrogens with zero attached hydrogens (tertiary/aromatic N) is 4. The second-order valence-electron chi connectivity index (χ2n) is 3.59. The van der Waals surface area contributed by atoms with Crippen LogP contribution in [0.4, 0.5) is 0 Å². The van der Waals surface area contributed by atoms with Crippen molar-refractivity contribution >= 4 is 11.0 Å². The van der Waals surface area contributed by atoms with Crippen LogP contribution in [0.15, 0.2) is 47.7 Å². The lowest BCUT2D eigenvalue weighted by Gasteiger charge is -2.02. The molecule has 17 heavy (non-hydrogen) atoms. The van der Waals surface area contributed by atoms with E-state index in [1.54, 1.807) is 4.68 Å². The van der Waals surface area contributed by atoms with Gasteiger partial charge in [0.25, 0.3) is 5.56 Å².